The van der Waals surface area contributed by atoms with Crippen LogP contribution in [0.5, 0.6) is 0 Å². The molecule has 0 spiro atoms. The molecule has 0 aliphatic carbocycles. The van der Waals surface area contributed by atoms with Gasteiger partial charge < -0.3 is 15.5 Å². The first-order chi connectivity index (χ1) is 11.4. The predicted molar refractivity (Wildman–Crippen MR) is 102 cm³/mol. The molecule has 0 radical (unpaired) electrons. The van der Waals surface area contributed by atoms with Gasteiger partial charge in [0, 0.05) is 39.3 Å². The summed E-state index contributed by atoms with van der Waals surface area (Å²) in [6.07, 6.45) is 1.94. The van der Waals surface area contributed by atoms with E-state index in [0.717, 1.165) is 49.6 Å². The van der Waals surface area contributed by atoms with E-state index < -0.39 is 0 Å². The second-order valence-corrected chi connectivity index (χ2v) is 6.52. The lowest BCUT2D eigenvalue weighted by molar-refractivity contribution is 0.0827. The van der Waals surface area contributed by atoms with Crippen molar-refractivity contribution in [1.82, 2.24) is 15.5 Å². The van der Waals surface area contributed by atoms with Gasteiger partial charge in [0.15, 0.2) is 5.96 Å². The Labute approximate surface area is 146 Å². The van der Waals surface area contributed by atoms with E-state index in [2.05, 4.69) is 42.5 Å². The second kappa shape index (κ2) is 10.7. The number of guanidine groups is 1. The van der Waals surface area contributed by atoms with Crippen molar-refractivity contribution in [3.05, 3.63) is 35.4 Å². The van der Waals surface area contributed by atoms with Crippen molar-refractivity contribution in [2.45, 2.75) is 33.6 Å². The third kappa shape index (κ3) is 7.49. The van der Waals surface area contributed by atoms with E-state index in [1.165, 1.54) is 0 Å². The van der Waals surface area contributed by atoms with E-state index in [-0.39, 0.29) is 5.91 Å². The van der Waals surface area contributed by atoms with Gasteiger partial charge in [0.05, 0.1) is 0 Å². The molecule has 134 valence electrons. The van der Waals surface area contributed by atoms with Gasteiger partial charge in [0.2, 0.25) is 0 Å². The number of hydrogen-bond acceptors (Lipinski definition) is 2. The van der Waals surface area contributed by atoms with Gasteiger partial charge in [-0.2, -0.15) is 0 Å². The van der Waals surface area contributed by atoms with Crippen LogP contribution in [0.3, 0.4) is 0 Å². The fraction of sp³-hybridized carbons (Fsp3) is 0.579. The largest absolute Gasteiger partial charge is 0.357 e. The summed E-state index contributed by atoms with van der Waals surface area (Å²) in [7, 11) is 3.54. The van der Waals surface area contributed by atoms with E-state index in [0.29, 0.717) is 5.92 Å². The molecule has 0 aliphatic heterocycles. The normalized spacial score (nSPS) is 11.5. The minimum absolute atomic E-state index is 0.0356. The maximum atomic E-state index is 12.0. The van der Waals surface area contributed by atoms with Crippen molar-refractivity contribution in [1.29, 1.82) is 0 Å². The number of carbonyl (C=O) groups excluding carboxylic acids is 1. The summed E-state index contributed by atoms with van der Waals surface area (Å²) in [6.45, 7) is 8.94. The molecule has 0 saturated carbocycles. The van der Waals surface area contributed by atoms with Gasteiger partial charge in [0.1, 0.15) is 0 Å². The van der Waals surface area contributed by atoms with E-state index in [9.17, 15) is 4.79 Å². The maximum absolute atomic E-state index is 12.0. The first-order valence-electron chi connectivity index (χ1n) is 8.76. The van der Waals surface area contributed by atoms with Gasteiger partial charge in [-0.25, -0.2) is 0 Å². The fourth-order valence-corrected chi connectivity index (χ4v) is 2.22. The average Bonchev–Trinajstić information content (AvgIpc) is 2.54. The maximum Gasteiger partial charge on any atom is 0.253 e. The summed E-state index contributed by atoms with van der Waals surface area (Å²) in [4.78, 5) is 18.2. The zero-order chi connectivity index (χ0) is 17.9. The van der Waals surface area contributed by atoms with Gasteiger partial charge in [-0.15, -0.1) is 0 Å². The molecule has 0 heterocycles. The van der Waals surface area contributed by atoms with Crippen LogP contribution in [0.4, 0.5) is 0 Å². The smallest absolute Gasteiger partial charge is 0.253 e. The predicted octanol–water partition coefficient (Wildman–Crippen LogP) is 2.53. The number of hydrogen-bond donors (Lipinski definition) is 2. The lowest BCUT2D eigenvalue weighted by atomic mass is 10.1. The summed E-state index contributed by atoms with van der Waals surface area (Å²) in [6, 6.07) is 7.81. The fourth-order valence-electron chi connectivity index (χ4n) is 2.22. The Bertz CT molecular complexity index is 538. The third-order valence-corrected chi connectivity index (χ3v) is 3.61. The van der Waals surface area contributed by atoms with Crippen molar-refractivity contribution < 1.29 is 4.79 Å². The highest BCUT2D eigenvalue weighted by atomic mass is 16.2. The van der Waals surface area contributed by atoms with Crippen molar-refractivity contribution in [3.8, 4) is 0 Å². The monoisotopic (exact) mass is 332 g/mol. The standard InChI is InChI=1S/C19H32N4O/c1-6-20-19(21-12-10-15(2)3)22-13-11-16-8-7-9-17(14-16)18(24)23(4)5/h7-9,14-15H,6,10-13H2,1-5H3,(H2,20,21,22). The van der Waals surface area contributed by atoms with Crippen LogP contribution in [0.25, 0.3) is 0 Å². The van der Waals surface area contributed by atoms with E-state index in [4.69, 9.17) is 0 Å². The number of carbonyl (C=O) groups is 1. The molecule has 1 amide bonds. The Morgan fingerprint density at radius 2 is 2.00 bits per heavy atom. The Balaban J connectivity index is 2.55. The molecule has 5 nitrogen and oxygen atoms in total. The third-order valence-electron chi connectivity index (χ3n) is 3.61. The van der Waals surface area contributed by atoms with Crippen LogP contribution in [0.1, 0.15) is 43.1 Å². The number of aliphatic imine (C=N–C) groups is 1. The second-order valence-electron chi connectivity index (χ2n) is 6.52. The Hall–Kier alpha value is -2.04. The van der Waals surface area contributed by atoms with Crippen LogP contribution in [0.2, 0.25) is 0 Å². The van der Waals surface area contributed by atoms with Crippen LogP contribution in [-0.4, -0.2) is 50.5 Å². The highest BCUT2D eigenvalue weighted by molar-refractivity contribution is 5.94. The molecule has 2 N–H and O–H groups in total. The van der Waals surface area contributed by atoms with Crippen molar-refractivity contribution >= 4 is 11.9 Å². The number of nitrogens with zero attached hydrogens (tertiary/aromatic N) is 2. The molecule has 24 heavy (non-hydrogen) atoms. The molecule has 0 fully saturated rings. The molecular weight excluding hydrogens is 300 g/mol. The minimum atomic E-state index is 0.0356. The lowest BCUT2D eigenvalue weighted by Crippen LogP contribution is -2.38. The number of amides is 1. The number of rotatable bonds is 8. The summed E-state index contributed by atoms with van der Waals surface area (Å²) < 4.78 is 0. The molecule has 0 bridgehead atoms. The van der Waals surface area contributed by atoms with Crippen LogP contribution in [-0.2, 0) is 6.42 Å². The first kappa shape index (κ1) is 20.0. The quantitative estimate of drug-likeness (QED) is 0.568. The van der Waals surface area contributed by atoms with E-state index >= 15 is 0 Å². The van der Waals surface area contributed by atoms with E-state index in [1.807, 2.05) is 18.2 Å². The highest BCUT2D eigenvalue weighted by Crippen LogP contribution is 2.07. The summed E-state index contributed by atoms with van der Waals surface area (Å²) >= 11 is 0. The summed E-state index contributed by atoms with van der Waals surface area (Å²) in [5.74, 6) is 1.56. The Kier molecular flexibility index (Phi) is 8.90. The average molecular weight is 332 g/mol. The molecule has 0 aromatic heterocycles. The SMILES string of the molecule is CCNC(=NCCC(C)C)NCCc1cccc(C(=O)N(C)C)c1. The van der Waals surface area contributed by atoms with Crippen LogP contribution in [0.15, 0.2) is 29.3 Å². The van der Waals surface area contributed by atoms with Crippen molar-refractivity contribution in [3.63, 3.8) is 0 Å². The molecule has 1 aromatic rings. The summed E-state index contributed by atoms with van der Waals surface area (Å²) in [5, 5.41) is 6.62. The molecule has 1 aromatic carbocycles. The van der Waals surface area contributed by atoms with Gasteiger partial charge in [-0.1, -0.05) is 26.0 Å². The topological polar surface area (TPSA) is 56.7 Å². The van der Waals surface area contributed by atoms with Crippen LogP contribution in [0, 0.1) is 5.92 Å². The van der Waals surface area contributed by atoms with Crippen LogP contribution < -0.4 is 10.6 Å². The van der Waals surface area contributed by atoms with Crippen LogP contribution >= 0.6 is 0 Å². The van der Waals surface area contributed by atoms with Gasteiger partial charge in [0.25, 0.3) is 5.91 Å². The highest BCUT2D eigenvalue weighted by Gasteiger charge is 2.08. The number of nitrogens with one attached hydrogen (secondary N) is 2. The zero-order valence-corrected chi connectivity index (χ0v) is 15.7. The molecule has 0 saturated heterocycles. The molecule has 5 heteroatoms. The first-order valence-corrected chi connectivity index (χ1v) is 8.76. The van der Waals surface area contributed by atoms with Crippen molar-refractivity contribution in [2.24, 2.45) is 10.9 Å². The molecule has 0 unspecified atom stereocenters. The van der Waals surface area contributed by atoms with E-state index in [1.54, 1.807) is 19.0 Å². The van der Waals surface area contributed by atoms with Gasteiger partial charge in [-0.3, -0.25) is 9.79 Å². The zero-order valence-electron chi connectivity index (χ0n) is 15.7. The Morgan fingerprint density at radius 1 is 1.25 bits per heavy atom. The van der Waals surface area contributed by atoms with Gasteiger partial charge >= 0.3 is 0 Å². The Morgan fingerprint density at radius 3 is 2.62 bits per heavy atom. The molecular formula is C19H32N4O. The van der Waals surface area contributed by atoms with Crippen molar-refractivity contribution in [2.75, 3.05) is 33.7 Å². The summed E-state index contributed by atoms with van der Waals surface area (Å²) in [5.41, 5.74) is 1.88. The number of benzene rings is 1. The molecule has 0 aliphatic rings. The lowest BCUT2D eigenvalue weighted by Gasteiger charge is -2.13. The molecule has 0 atom stereocenters. The van der Waals surface area contributed by atoms with Gasteiger partial charge in [-0.05, 0) is 43.4 Å². The molecule has 1 rings (SSSR count). The minimum Gasteiger partial charge on any atom is -0.357 e.